The number of para-hydroxylation sites is 2. The van der Waals surface area contributed by atoms with Gasteiger partial charge in [-0.05, 0) is 73.0 Å². The Labute approximate surface area is 206 Å². The smallest absolute Gasteiger partial charge is 0.336 e. The summed E-state index contributed by atoms with van der Waals surface area (Å²) in [4.78, 5) is 13.9. The number of rotatable bonds is 7. The van der Waals surface area contributed by atoms with E-state index in [-0.39, 0.29) is 12.1 Å². The summed E-state index contributed by atoms with van der Waals surface area (Å²) in [6.45, 7) is 5.49. The largest absolute Gasteiger partial charge is 0.486 e. The number of ether oxygens (including phenoxy) is 1. The molecule has 1 unspecified atom stereocenters. The molecule has 178 valence electrons. The van der Waals surface area contributed by atoms with E-state index in [9.17, 15) is 9.90 Å². The zero-order chi connectivity index (χ0) is 24.4. The van der Waals surface area contributed by atoms with Crippen molar-refractivity contribution in [2.24, 2.45) is 0 Å². The molecule has 0 spiro atoms. The van der Waals surface area contributed by atoms with Gasteiger partial charge in [-0.2, -0.15) is 0 Å². The van der Waals surface area contributed by atoms with E-state index in [4.69, 9.17) is 4.74 Å². The van der Waals surface area contributed by atoms with Crippen molar-refractivity contribution in [1.82, 2.24) is 5.32 Å². The Hall–Kier alpha value is -3.83. The van der Waals surface area contributed by atoms with Crippen LogP contribution in [0.5, 0.6) is 5.75 Å². The molecule has 0 amide bonds. The molecule has 5 heteroatoms. The SMILES string of the molecule is Cc1ccc(N2CC(CCN[C@@H](C)c3cccc4ccccc34)Oc3ccccc32)cc1C(=O)O. The highest BCUT2D eigenvalue weighted by Gasteiger charge is 2.27. The third kappa shape index (κ3) is 4.73. The van der Waals surface area contributed by atoms with Crippen LogP contribution >= 0.6 is 0 Å². The summed E-state index contributed by atoms with van der Waals surface area (Å²) in [5.41, 5.74) is 4.20. The van der Waals surface area contributed by atoms with Crippen molar-refractivity contribution in [3.05, 3.63) is 102 Å². The van der Waals surface area contributed by atoms with Crippen LogP contribution in [0.2, 0.25) is 0 Å². The first kappa shape index (κ1) is 22.9. The van der Waals surface area contributed by atoms with E-state index in [1.807, 2.05) is 43.3 Å². The van der Waals surface area contributed by atoms with Gasteiger partial charge in [0.25, 0.3) is 0 Å². The van der Waals surface area contributed by atoms with Gasteiger partial charge in [0.05, 0.1) is 17.8 Å². The molecule has 0 aromatic heterocycles. The topological polar surface area (TPSA) is 61.8 Å². The number of benzene rings is 4. The second-order valence-corrected chi connectivity index (χ2v) is 9.16. The van der Waals surface area contributed by atoms with Crippen molar-refractivity contribution < 1.29 is 14.6 Å². The number of aryl methyl sites for hydroxylation is 1. The summed E-state index contributed by atoms with van der Waals surface area (Å²) < 4.78 is 6.34. The minimum absolute atomic E-state index is 0.0216. The van der Waals surface area contributed by atoms with Crippen LogP contribution in [0.3, 0.4) is 0 Å². The molecule has 5 nitrogen and oxygen atoms in total. The first-order valence-electron chi connectivity index (χ1n) is 12.1. The maximum absolute atomic E-state index is 11.7. The summed E-state index contributed by atoms with van der Waals surface area (Å²) in [5, 5.41) is 15.8. The Balaban J connectivity index is 1.31. The number of hydrogen-bond donors (Lipinski definition) is 2. The van der Waals surface area contributed by atoms with Crippen LogP contribution in [-0.4, -0.2) is 30.3 Å². The zero-order valence-electron chi connectivity index (χ0n) is 20.1. The summed E-state index contributed by atoms with van der Waals surface area (Å²) in [6, 6.07) is 28.7. The number of nitrogens with zero attached hydrogens (tertiary/aromatic N) is 1. The van der Waals surface area contributed by atoms with Crippen LogP contribution in [0.4, 0.5) is 11.4 Å². The molecule has 0 aliphatic carbocycles. The number of nitrogens with one attached hydrogen (secondary N) is 1. The van der Waals surface area contributed by atoms with Gasteiger partial charge in [-0.1, -0.05) is 60.7 Å². The fourth-order valence-corrected chi connectivity index (χ4v) is 4.90. The molecule has 35 heavy (non-hydrogen) atoms. The molecule has 4 aromatic carbocycles. The maximum Gasteiger partial charge on any atom is 0.336 e. The van der Waals surface area contributed by atoms with E-state index in [0.717, 1.165) is 35.7 Å². The summed E-state index contributed by atoms with van der Waals surface area (Å²) in [7, 11) is 0. The normalized spacial score (nSPS) is 15.9. The lowest BCUT2D eigenvalue weighted by Crippen LogP contribution is -2.39. The van der Waals surface area contributed by atoms with Gasteiger partial charge in [-0.3, -0.25) is 0 Å². The van der Waals surface area contributed by atoms with Gasteiger partial charge in [-0.15, -0.1) is 0 Å². The van der Waals surface area contributed by atoms with Crippen molar-refractivity contribution >= 4 is 28.1 Å². The molecular formula is C30H30N2O3. The molecule has 2 atom stereocenters. The lowest BCUT2D eigenvalue weighted by Gasteiger charge is -2.36. The van der Waals surface area contributed by atoms with E-state index in [2.05, 4.69) is 59.6 Å². The molecular weight excluding hydrogens is 436 g/mol. The molecule has 2 N–H and O–H groups in total. The van der Waals surface area contributed by atoms with Gasteiger partial charge in [0.1, 0.15) is 11.9 Å². The molecule has 0 saturated heterocycles. The van der Waals surface area contributed by atoms with Crippen LogP contribution in [-0.2, 0) is 0 Å². The van der Waals surface area contributed by atoms with Gasteiger partial charge < -0.3 is 20.1 Å². The van der Waals surface area contributed by atoms with E-state index < -0.39 is 5.97 Å². The predicted molar refractivity (Wildman–Crippen MR) is 141 cm³/mol. The maximum atomic E-state index is 11.7. The third-order valence-electron chi connectivity index (χ3n) is 6.81. The highest BCUT2D eigenvalue weighted by atomic mass is 16.5. The molecule has 1 aliphatic rings. The Morgan fingerprint density at radius 1 is 1.06 bits per heavy atom. The Morgan fingerprint density at radius 2 is 1.83 bits per heavy atom. The van der Waals surface area contributed by atoms with Crippen molar-refractivity contribution in [2.75, 3.05) is 18.0 Å². The molecule has 1 heterocycles. The molecule has 0 bridgehead atoms. The Bertz CT molecular complexity index is 1360. The minimum Gasteiger partial charge on any atom is -0.486 e. The zero-order valence-corrected chi connectivity index (χ0v) is 20.1. The van der Waals surface area contributed by atoms with Crippen LogP contribution in [0, 0.1) is 6.92 Å². The molecule has 5 rings (SSSR count). The van der Waals surface area contributed by atoms with Crippen molar-refractivity contribution in [2.45, 2.75) is 32.4 Å². The predicted octanol–water partition coefficient (Wildman–Crippen LogP) is 6.49. The molecule has 0 saturated carbocycles. The number of hydrogen-bond acceptors (Lipinski definition) is 4. The molecule has 4 aromatic rings. The van der Waals surface area contributed by atoms with E-state index in [1.165, 1.54) is 16.3 Å². The number of carboxylic acids is 1. The second-order valence-electron chi connectivity index (χ2n) is 9.16. The monoisotopic (exact) mass is 466 g/mol. The first-order valence-corrected chi connectivity index (χ1v) is 12.1. The third-order valence-corrected chi connectivity index (χ3v) is 6.81. The highest BCUT2D eigenvalue weighted by molar-refractivity contribution is 5.91. The highest BCUT2D eigenvalue weighted by Crippen LogP contribution is 2.39. The Kier molecular flexibility index (Phi) is 6.43. The number of anilines is 2. The van der Waals surface area contributed by atoms with Crippen LogP contribution in [0.25, 0.3) is 10.8 Å². The number of carbonyl (C=O) groups is 1. The second kappa shape index (κ2) is 9.80. The first-order chi connectivity index (χ1) is 17.0. The lowest BCUT2D eigenvalue weighted by atomic mass is 9.99. The van der Waals surface area contributed by atoms with Crippen LogP contribution in [0.1, 0.15) is 40.9 Å². The molecule has 1 aliphatic heterocycles. The van der Waals surface area contributed by atoms with Gasteiger partial charge in [0.15, 0.2) is 0 Å². The van der Waals surface area contributed by atoms with Crippen LogP contribution < -0.4 is 15.0 Å². The van der Waals surface area contributed by atoms with E-state index in [1.54, 1.807) is 6.07 Å². The van der Waals surface area contributed by atoms with Gasteiger partial charge in [-0.25, -0.2) is 4.79 Å². The molecule has 0 fully saturated rings. The summed E-state index contributed by atoms with van der Waals surface area (Å²) >= 11 is 0. The van der Waals surface area contributed by atoms with Gasteiger partial charge in [0.2, 0.25) is 0 Å². The van der Waals surface area contributed by atoms with Gasteiger partial charge in [0, 0.05) is 11.7 Å². The summed E-state index contributed by atoms with van der Waals surface area (Å²) in [6.07, 6.45) is 0.809. The minimum atomic E-state index is -0.908. The van der Waals surface area contributed by atoms with Crippen molar-refractivity contribution in [3.63, 3.8) is 0 Å². The lowest BCUT2D eigenvalue weighted by molar-refractivity contribution is 0.0696. The summed E-state index contributed by atoms with van der Waals surface area (Å²) in [5.74, 6) is -0.0858. The average molecular weight is 467 g/mol. The van der Waals surface area contributed by atoms with Crippen LogP contribution in [0.15, 0.2) is 84.9 Å². The fraction of sp³-hybridized carbons (Fsp3) is 0.233. The van der Waals surface area contributed by atoms with Gasteiger partial charge >= 0.3 is 5.97 Å². The van der Waals surface area contributed by atoms with Crippen molar-refractivity contribution in [1.29, 1.82) is 0 Å². The fourth-order valence-electron chi connectivity index (χ4n) is 4.90. The van der Waals surface area contributed by atoms with Crippen molar-refractivity contribution in [3.8, 4) is 5.75 Å². The standard InChI is InChI=1S/C30H30N2O3/c1-20-14-15-23(18-27(20)30(33)34)32-19-24(35-29-13-6-5-12-28(29)32)16-17-31-21(2)25-11-7-9-22-8-3-4-10-26(22)25/h3-15,18,21,24,31H,16-17,19H2,1-2H3,(H,33,34)/t21-,24?/m0/s1. The van der Waals surface area contributed by atoms with E-state index >= 15 is 0 Å². The number of aromatic carboxylic acids is 1. The number of fused-ring (bicyclic) bond motifs is 2. The average Bonchev–Trinajstić information content (AvgIpc) is 2.88. The Morgan fingerprint density at radius 3 is 2.69 bits per heavy atom. The molecule has 0 radical (unpaired) electrons. The number of carboxylic acid groups (broad SMARTS) is 1. The van der Waals surface area contributed by atoms with E-state index in [0.29, 0.717) is 12.1 Å². The quantitative estimate of drug-likeness (QED) is 0.326.